The van der Waals surface area contributed by atoms with Crippen LogP contribution < -0.4 is 0 Å². The van der Waals surface area contributed by atoms with Crippen LogP contribution in [0.15, 0.2) is 12.1 Å². The third-order valence-electron chi connectivity index (χ3n) is 1.19. The molecule has 0 aliphatic carbocycles. The van der Waals surface area contributed by atoms with Crippen LogP contribution >= 0.6 is 11.6 Å². The minimum atomic E-state index is -0.880. The molecular weight excluding hydrogens is 170 g/mol. The molecule has 0 bridgehead atoms. The number of benzene rings is 1. The van der Waals surface area contributed by atoms with Crippen molar-refractivity contribution in [1.82, 2.24) is 0 Å². The van der Waals surface area contributed by atoms with E-state index in [2.05, 4.69) is 0 Å². The SMILES string of the molecule is C#Cc1ccc(F)c(Cl)c1F. The summed E-state index contributed by atoms with van der Waals surface area (Å²) in [6.45, 7) is 0. The summed E-state index contributed by atoms with van der Waals surface area (Å²) in [5.74, 6) is 0.354. The van der Waals surface area contributed by atoms with Crippen LogP contribution in [0.5, 0.6) is 0 Å². The van der Waals surface area contributed by atoms with Crippen LogP contribution in [-0.2, 0) is 0 Å². The van der Waals surface area contributed by atoms with Gasteiger partial charge in [-0.05, 0) is 12.1 Å². The Morgan fingerprint density at radius 1 is 1.36 bits per heavy atom. The number of rotatable bonds is 0. The Kier molecular flexibility index (Phi) is 2.11. The average Bonchev–Trinajstić information content (AvgIpc) is 2.01. The van der Waals surface area contributed by atoms with Crippen molar-refractivity contribution < 1.29 is 8.78 Å². The van der Waals surface area contributed by atoms with Gasteiger partial charge < -0.3 is 0 Å². The second-order valence-electron chi connectivity index (χ2n) is 1.87. The molecule has 0 radical (unpaired) electrons. The second kappa shape index (κ2) is 2.89. The van der Waals surface area contributed by atoms with Crippen LogP contribution in [0.1, 0.15) is 5.56 Å². The zero-order valence-electron chi connectivity index (χ0n) is 5.37. The van der Waals surface area contributed by atoms with Gasteiger partial charge in [-0.15, -0.1) is 6.42 Å². The minimum absolute atomic E-state index is 0.0311. The molecular formula is C8H3ClF2. The van der Waals surface area contributed by atoms with E-state index in [-0.39, 0.29) is 5.56 Å². The molecule has 3 heteroatoms. The van der Waals surface area contributed by atoms with Gasteiger partial charge in [0.2, 0.25) is 0 Å². The molecule has 0 fully saturated rings. The average molecular weight is 173 g/mol. The molecule has 0 nitrogen and oxygen atoms in total. The van der Waals surface area contributed by atoms with Crippen molar-refractivity contribution in [1.29, 1.82) is 0 Å². The molecule has 0 amide bonds. The van der Waals surface area contributed by atoms with Crippen molar-refractivity contribution in [2.75, 3.05) is 0 Å². The monoisotopic (exact) mass is 172 g/mol. The molecule has 0 spiro atoms. The van der Waals surface area contributed by atoms with Crippen LogP contribution in [0.2, 0.25) is 5.02 Å². The highest BCUT2D eigenvalue weighted by Crippen LogP contribution is 2.20. The van der Waals surface area contributed by atoms with E-state index in [1.807, 2.05) is 5.92 Å². The Labute approximate surface area is 67.8 Å². The zero-order valence-corrected chi connectivity index (χ0v) is 6.12. The summed E-state index contributed by atoms with van der Waals surface area (Å²) in [5, 5.41) is -0.555. The summed E-state index contributed by atoms with van der Waals surface area (Å²) in [5.41, 5.74) is -0.0311. The van der Waals surface area contributed by atoms with E-state index in [1.165, 1.54) is 0 Å². The Bertz CT molecular complexity index is 326. The first-order valence-electron chi connectivity index (χ1n) is 2.77. The van der Waals surface area contributed by atoms with Gasteiger partial charge in [0.15, 0.2) is 5.82 Å². The Morgan fingerprint density at radius 2 is 2.00 bits per heavy atom. The van der Waals surface area contributed by atoms with Crippen LogP contribution in [0, 0.1) is 24.0 Å². The zero-order chi connectivity index (χ0) is 8.43. The lowest BCUT2D eigenvalue weighted by Crippen LogP contribution is -1.87. The van der Waals surface area contributed by atoms with Crippen molar-refractivity contribution in [2.24, 2.45) is 0 Å². The first-order chi connectivity index (χ1) is 5.16. The minimum Gasteiger partial charge on any atom is -0.205 e. The van der Waals surface area contributed by atoms with Crippen LogP contribution in [0.25, 0.3) is 0 Å². The van der Waals surface area contributed by atoms with Gasteiger partial charge in [-0.2, -0.15) is 0 Å². The highest BCUT2D eigenvalue weighted by Gasteiger charge is 2.08. The highest BCUT2D eigenvalue weighted by atomic mass is 35.5. The van der Waals surface area contributed by atoms with Crippen LogP contribution in [0.3, 0.4) is 0 Å². The number of hydrogen-bond acceptors (Lipinski definition) is 0. The van der Waals surface area contributed by atoms with Gasteiger partial charge in [0.05, 0.1) is 5.56 Å². The second-order valence-corrected chi connectivity index (χ2v) is 2.25. The van der Waals surface area contributed by atoms with Crippen molar-refractivity contribution in [3.8, 4) is 12.3 Å². The summed E-state index contributed by atoms with van der Waals surface area (Å²) >= 11 is 5.22. The quantitative estimate of drug-likeness (QED) is 0.417. The van der Waals surface area contributed by atoms with E-state index in [4.69, 9.17) is 18.0 Å². The van der Waals surface area contributed by atoms with Crippen molar-refractivity contribution in [3.63, 3.8) is 0 Å². The van der Waals surface area contributed by atoms with Gasteiger partial charge >= 0.3 is 0 Å². The molecule has 0 aromatic heterocycles. The van der Waals surface area contributed by atoms with Gasteiger partial charge in [0.25, 0.3) is 0 Å². The Balaban J connectivity index is 3.40. The van der Waals surface area contributed by atoms with E-state index in [0.717, 1.165) is 12.1 Å². The molecule has 0 saturated carbocycles. The number of halogens is 3. The molecule has 0 atom stereocenters. The normalized spacial score (nSPS) is 9.27. The van der Waals surface area contributed by atoms with E-state index in [1.54, 1.807) is 0 Å². The van der Waals surface area contributed by atoms with Gasteiger partial charge in [0, 0.05) is 0 Å². The van der Waals surface area contributed by atoms with Gasteiger partial charge in [-0.3, -0.25) is 0 Å². The lowest BCUT2D eigenvalue weighted by atomic mass is 10.2. The molecule has 1 rings (SSSR count). The largest absolute Gasteiger partial charge is 0.205 e. The molecule has 0 saturated heterocycles. The predicted octanol–water partition coefficient (Wildman–Crippen LogP) is 2.60. The highest BCUT2D eigenvalue weighted by molar-refractivity contribution is 6.31. The summed E-state index contributed by atoms with van der Waals surface area (Å²) in [4.78, 5) is 0. The van der Waals surface area contributed by atoms with Crippen LogP contribution in [0.4, 0.5) is 8.78 Å². The fourth-order valence-electron chi connectivity index (χ4n) is 0.637. The predicted molar refractivity (Wildman–Crippen MR) is 39.3 cm³/mol. The molecule has 1 aromatic carbocycles. The molecule has 0 aliphatic heterocycles. The maximum absolute atomic E-state index is 12.7. The van der Waals surface area contributed by atoms with Gasteiger partial charge in [0.1, 0.15) is 10.8 Å². The molecule has 56 valence electrons. The maximum Gasteiger partial charge on any atom is 0.160 e. The van der Waals surface area contributed by atoms with E-state index in [9.17, 15) is 8.78 Å². The summed E-state index contributed by atoms with van der Waals surface area (Å²) in [6, 6.07) is 2.19. The molecule has 0 N–H and O–H groups in total. The fraction of sp³-hybridized carbons (Fsp3) is 0. The van der Waals surface area contributed by atoms with Crippen LogP contribution in [-0.4, -0.2) is 0 Å². The van der Waals surface area contributed by atoms with E-state index in [0.29, 0.717) is 0 Å². The van der Waals surface area contributed by atoms with Crippen molar-refractivity contribution >= 4 is 11.6 Å². The Morgan fingerprint density at radius 3 is 2.55 bits per heavy atom. The fourth-order valence-corrected chi connectivity index (χ4v) is 0.802. The first-order valence-corrected chi connectivity index (χ1v) is 3.14. The van der Waals surface area contributed by atoms with E-state index < -0.39 is 16.7 Å². The molecule has 0 unspecified atom stereocenters. The standard InChI is InChI=1S/C8H3ClF2/c1-2-5-3-4-6(10)7(9)8(5)11/h1,3-4H. The molecule has 0 heterocycles. The van der Waals surface area contributed by atoms with E-state index >= 15 is 0 Å². The maximum atomic E-state index is 12.7. The van der Waals surface area contributed by atoms with Gasteiger partial charge in [-0.25, -0.2) is 8.78 Å². The van der Waals surface area contributed by atoms with Crippen molar-refractivity contribution in [2.45, 2.75) is 0 Å². The van der Waals surface area contributed by atoms with Gasteiger partial charge in [-0.1, -0.05) is 17.5 Å². The molecule has 0 aliphatic rings. The molecule has 1 aromatic rings. The Hall–Kier alpha value is -1.07. The third-order valence-corrected chi connectivity index (χ3v) is 1.54. The summed E-state index contributed by atoms with van der Waals surface area (Å²) < 4.78 is 25.2. The summed E-state index contributed by atoms with van der Waals surface area (Å²) in [7, 11) is 0. The molecule has 11 heavy (non-hydrogen) atoms. The summed E-state index contributed by atoms with van der Waals surface area (Å²) in [6.07, 6.45) is 4.90. The number of hydrogen-bond donors (Lipinski definition) is 0. The topological polar surface area (TPSA) is 0 Å². The lowest BCUT2D eigenvalue weighted by molar-refractivity contribution is 0.582. The first kappa shape index (κ1) is 8.03. The third kappa shape index (κ3) is 1.33. The lowest BCUT2D eigenvalue weighted by Gasteiger charge is -1.97. The van der Waals surface area contributed by atoms with Crippen molar-refractivity contribution in [3.05, 3.63) is 34.4 Å². The number of terminal acetylenes is 1. The smallest absolute Gasteiger partial charge is 0.160 e.